The maximum atomic E-state index is 12.8. The minimum absolute atomic E-state index is 0.0297. The summed E-state index contributed by atoms with van der Waals surface area (Å²) in [6, 6.07) is 15.3. The van der Waals surface area contributed by atoms with E-state index in [4.69, 9.17) is 9.47 Å². The van der Waals surface area contributed by atoms with Crippen LogP contribution in [0.15, 0.2) is 48.5 Å². The number of carboxylic acid groups (broad SMARTS) is 1. The summed E-state index contributed by atoms with van der Waals surface area (Å²) in [5.74, 6) is -1.71. The number of fused-ring (bicyclic) bond motifs is 3. The summed E-state index contributed by atoms with van der Waals surface area (Å²) >= 11 is 0. The van der Waals surface area contributed by atoms with E-state index in [2.05, 4.69) is 29.6 Å². The number of carbonyl (C=O) groups excluding carboxylic acids is 2. The number of likely N-dealkylation sites (N-methyl/N-ethyl adjacent to an activating group) is 1. The molecule has 2 aromatic carbocycles. The summed E-state index contributed by atoms with van der Waals surface area (Å²) in [5, 5.41) is 12.1. The first kappa shape index (κ1) is 23.8. The number of carbonyl (C=O) groups is 3. The fourth-order valence-corrected chi connectivity index (χ4v) is 4.95. The number of hydrogen-bond acceptors (Lipinski definition) is 5. The van der Waals surface area contributed by atoms with Gasteiger partial charge in [-0.1, -0.05) is 55.5 Å². The molecule has 8 heteroatoms. The van der Waals surface area contributed by atoms with E-state index in [1.54, 1.807) is 6.92 Å². The van der Waals surface area contributed by atoms with Gasteiger partial charge in [0.2, 0.25) is 0 Å². The van der Waals surface area contributed by atoms with Gasteiger partial charge in [0.1, 0.15) is 18.8 Å². The Kier molecular flexibility index (Phi) is 7.17. The average molecular weight is 467 g/mol. The summed E-state index contributed by atoms with van der Waals surface area (Å²) in [7, 11) is 1.47. The molecular formula is C26H30N2O6. The van der Waals surface area contributed by atoms with Crippen molar-refractivity contribution >= 4 is 18.0 Å². The van der Waals surface area contributed by atoms with Crippen molar-refractivity contribution in [1.82, 2.24) is 10.2 Å². The van der Waals surface area contributed by atoms with Crippen LogP contribution < -0.4 is 5.32 Å². The van der Waals surface area contributed by atoms with Gasteiger partial charge in [-0.05, 0) is 35.1 Å². The molecule has 34 heavy (non-hydrogen) atoms. The van der Waals surface area contributed by atoms with Gasteiger partial charge >= 0.3 is 12.1 Å². The highest BCUT2D eigenvalue weighted by atomic mass is 16.5. The highest BCUT2D eigenvalue weighted by molar-refractivity contribution is 5.86. The molecule has 2 amide bonds. The number of benzene rings is 2. The van der Waals surface area contributed by atoms with Gasteiger partial charge in [-0.3, -0.25) is 4.79 Å². The largest absolute Gasteiger partial charge is 0.480 e. The lowest BCUT2D eigenvalue weighted by Crippen LogP contribution is -2.49. The molecule has 0 saturated carbocycles. The molecule has 1 aliphatic carbocycles. The summed E-state index contributed by atoms with van der Waals surface area (Å²) in [5.41, 5.74) is 4.59. The smallest absolute Gasteiger partial charge is 0.407 e. The zero-order valence-corrected chi connectivity index (χ0v) is 19.4. The number of alkyl carbamates (subject to hydrolysis) is 1. The monoisotopic (exact) mass is 466 g/mol. The number of nitrogens with one attached hydrogen (secondary N) is 1. The molecule has 1 saturated heterocycles. The van der Waals surface area contributed by atoms with Crippen LogP contribution in [0.25, 0.3) is 11.1 Å². The van der Waals surface area contributed by atoms with Crippen molar-refractivity contribution < 1.29 is 29.0 Å². The van der Waals surface area contributed by atoms with Gasteiger partial charge in [0, 0.05) is 32.0 Å². The number of carboxylic acids is 1. The van der Waals surface area contributed by atoms with Gasteiger partial charge in [-0.25, -0.2) is 9.59 Å². The summed E-state index contributed by atoms with van der Waals surface area (Å²) < 4.78 is 11.2. The van der Waals surface area contributed by atoms with Crippen LogP contribution in [0.2, 0.25) is 0 Å². The van der Waals surface area contributed by atoms with Crippen LogP contribution in [0.4, 0.5) is 4.79 Å². The molecule has 180 valence electrons. The number of ether oxygens (including phenoxy) is 2. The van der Waals surface area contributed by atoms with E-state index in [-0.39, 0.29) is 30.9 Å². The van der Waals surface area contributed by atoms with Crippen LogP contribution >= 0.6 is 0 Å². The number of nitrogens with zero attached hydrogens (tertiary/aromatic N) is 1. The second-order valence-electron chi connectivity index (χ2n) is 8.76. The van der Waals surface area contributed by atoms with E-state index in [0.717, 1.165) is 22.3 Å². The average Bonchev–Trinajstić information content (AvgIpc) is 3.44. The van der Waals surface area contributed by atoms with Gasteiger partial charge in [0.15, 0.2) is 0 Å². The lowest BCUT2D eigenvalue weighted by molar-refractivity contribution is -0.154. The lowest BCUT2D eigenvalue weighted by Gasteiger charge is -2.28. The highest BCUT2D eigenvalue weighted by Crippen LogP contribution is 2.44. The van der Waals surface area contributed by atoms with E-state index in [1.807, 2.05) is 24.3 Å². The molecule has 0 spiro atoms. The maximum absolute atomic E-state index is 12.8. The standard InChI is InChI=1S/C26H30N2O6/c1-3-22(25(30)31)28(2)24(29)23-16(12-13-33-23)14-27-26(32)34-15-21-19-10-6-4-8-17(19)18-9-5-7-11-20(18)21/h4-11,16,21-23H,3,12-15H2,1-2H3,(H,27,32)(H,30,31)/t16-,22?,23-/m0/s1. The predicted molar refractivity (Wildman–Crippen MR) is 125 cm³/mol. The second-order valence-corrected chi connectivity index (χ2v) is 8.76. The first-order valence-electron chi connectivity index (χ1n) is 11.6. The molecule has 4 rings (SSSR count). The molecule has 2 aliphatic rings. The Hall–Kier alpha value is -3.39. The lowest BCUT2D eigenvalue weighted by atomic mass is 9.98. The van der Waals surface area contributed by atoms with Crippen molar-refractivity contribution in [3.05, 3.63) is 59.7 Å². The zero-order chi connectivity index (χ0) is 24.2. The van der Waals surface area contributed by atoms with Crippen LogP contribution in [-0.2, 0) is 19.1 Å². The molecular weight excluding hydrogens is 436 g/mol. The number of amides is 2. The molecule has 3 atom stereocenters. The Balaban J connectivity index is 1.33. The normalized spacial score (nSPS) is 19.7. The Morgan fingerprint density at radius 1 is 1.12 bits per heavy atom. The molecule has 2 aromatic rings. The van der Waals surface area contributed by atoms with Crippen LogP contribution in [-0.4, -0.2) is 66.9 Å². The summed E-state index contributed by atoms with van der Waals surface area (Å²) in [6.45, 7) is 2.52. The predicted octanol–water partition coefficient (Wildman–Crippen LogP) is 3.25. The third-order valence-electron chi connectivity index (χ3n) is 6.80. The third-order valence-corrected chi connectivity index (χ3v) is 6.80. The first-order chi connectivity index (χ1) is 16.4. The van der Waals surface area contributed by atoms with E-state index in [9.17, 15) is 19.5 Å². The first-order valence-corrected chi connectivity index (χ1v) is 11.6. The van der Waals surface area contributed by atoms with Gasteiger partial charge in [0.05, 0.1) is 0 Å². The quantitative estimate of drug-likeness (QED) is 0.619. The van der Waals surface area contributed by atoms with Crippen molar-refractivity contribution in [2.75, 3.05) is 26.8 Å². The molecule has 1 fully saturated rings. The van der Waals surface area contributed by atoms with Crippen LogP contribution in [0, 0.1) is 5.92 Å². The Labute approximate surface area is 198 Å². The topological polar surface area (TPSA) is 105 Å². The van der Waals surface area contributed by atoms with Gasteiger partial charge < -0.3 is 24.8 Å². The van der Waals surface area contributed by atoms with E-state index >= 15 is 0 Å². The molecule has 1 aliphatic heterocycles. The number of aliphatic carboxylic acids is 1. The van der Waals surface area contributed by atoms with Crippen molar-refractivity contribution in [2.24, 2.45) is 5.92 Å². The summed E-state index contributed by atoms with van der Waals surface area (Å²) in [4.78, 5) is 38.0. The molecule has 2 N–H and O–H groups in total. The minimum atomic E-state index is -1.05. The van der Waals surface area contributed by atoms with Gasteiger partial charge in [0.25, 0.3) is 5.91 Å². The third kappa shape index (κ3) is 4.63. The van der Waals surface area contributed by atoms with E-state index < -0.39 is 24.2 Å². The van der Waals surface area contributed by atoms with Crippen molar-refractivity contribution in [1.29, 1.82) is 0 Å². The van der Waals surface area contributed by atoms with Gasteiger partial charge in [-0.2, -0.15) is 0 Å². The minimum Gasteiger partial charge on any atom is -0.480 e. The number of hydrogen-bond donors (Lipinski definition) is 2. The van der Waals surface area contributed by atoms with Crippen molar-refractivity contribution in [2.45, 2.75) is 37.8 Å². The molecule has 8 nitrogen and oxygen atoms in total. The molecule has 0 radical (unpaired) electrons. The van der Waals surface area contributed by atoms with E-state index in [1.165, 1.54) is 11.9 Å². The van der Waals surface area contributed by atoms with Crippen molar-refractivity contribution in [3.8, 4) is 11.1 Å². The molecule has 1 heterocycles. The van der Waals surface area contributed by atoms with Crippen LogP contribution in [0.5, 0.6) is 0 Å². The molecule has 0 bridgehead atoms. The van der Waals surface area contributed by atoms with Crippen LogP contribution in [0.1, 0.15) is 36.8 Å². The Morgan fingerprint density at radius 3 is 2.32 bits per heavy atom. The fraction of sp³-hybridized carbons (Fsp3) is 0.423. The molecule has 0 aromatic heterocycles. The molecule has 1 unspecified atom stereocenters. The zero-order valence-electron chi connectivity index (χ0n) is 19.4. The second kappa shape index (κ2) is 10.3. The van der Waals surface area contributed by atoms with Crippen molar-refractivity contribution in [3.63, 3.8) is 0 Å². The van der Waals surface area contributed by atoms with Crippen LogP contribution in [0.3, 0.4) is 0 Å². The Morgan fingerprint density at radius 2 is 1.74 bits per heavy atom. The van der Waals surface area contributed by atoms with Gasteiger partial charge in [-0.15, -0.1) is 0 Å². The number of rotatable bonds is 8. The highest BCUT2D eigenvalue weighted by Gasteiger charge is 2.39. The fourth-order valence-electron chi connectivity index (χ4n) is 4.95. The summed E-state index contributed by atoms with van der Waals surface area (Å²) in [6.07, 6.45) is -0.442. The Bertz CT molecular complexity index is 1030. The maximum Gasteiger partial charge on any atom is 0.407 e. The SMILES string of the molecule is CCC(C(=O)O)N(C)C(=O)[C@H]1OCC[C@H]1CNC(=O)OCC1c2ccccc2-c2ccccc21. The van der Waals surface area contributed by atoms with E-state index in [0.29, 0.717) is 19.4 Å².